The Morgan fingerprint density at radius 2 is 1.85 bits per heavy atom. The van der Waals surface area contributed by atoms with Gasteiger partial charge in [-0.3, -0.25) is 4.79 Å². The molecule has 0 radical (unpaired) electrons. The number of nitrogens with one attached hydrogen (secondary N) is 1. The molecule has 4 aromatic rings. The van der Waals surface area contributed by atoms with Crippen molar-refractivity contribution in [3.63, 3.8) is 0 Å². The molecule has 33 heavy (non-hydrogen) atoms. The van der Waals surface area contributed by atoms with E-state index in [0.717, 1.165) is 10.9 Å². The van der Waals surface area contributed by atoms with Crippen molar-refractivity contribution in [2.75, 3.05) is 30.3 Å². The van der Waals surface area contributed by atoms with E-state index in [1.54, 1.807) is 30.3 Å². The number of rotatable bonds is 4. The first-order chi connectivity index (χ1) is 15.9. The fraction of sp³-hybridized carbons (Fsp3) is 0.217. The van der Waals surface area contributed by atoms with Gasteiger partial charge in [-0.25, -0.2) is 24.4 Å². The third kappa shape index (κ3) is 4.34. The predicted octanol–water partition coefficient (Wildman–Crippen LogP) is 3.17. The van der Waals surface area contributed by atoms with Crippen LogP contribution in [0, 0.1) is 5.82 Å². The molecule has 2 aromatic carbocycles. The summed E-state index contributed by atoms with van der Waals surface area (Å²) >= 11 is 5.97. The summed E-state index contributed by atoms with van der Waals surface area (Å²) < 4.78 is 14.9. The molecule has 0 atom stereocenters. The first-order valence-corrected chi connectivity index (χ1v) is 13.0. The highest BCUT2D eigenvalue weighted by molar-refractivity contribution is 7.77. The van der Waals surface area contributed by atoms with Crippen molar-refractivity contribution < 1.29 is 9.28 Å². The molecule has 0 amide bonds. The van der Waals surface area contributed by atoms with Crippen molar-refractivity contribution in [2.45, 2.75) is 6.42 Å². The summed E-state index contributed by atoms with van der Waals surface area (Å²) in [5.74, 6) is 0.305. The molecular formula is C23H21ClFN5O2P+. The van der Waals surface area contributed by atoms with Crippen molar-refractivity contribution in [3.05, 3.63) is 87.4 Å². The van der Waals surface area contributed by atoms with E-state index >= 15 is 0 Å². The third-order valence-electron chi connectivity index (χ3n) is 6.03. The SMILES string of the molecule is O=c1[nH]nc(Cc2ccc(F)c([P+]3(O)CCN(c4cc(Cl)ncn4)CC3)c2)c2ccccc12. The van der Waals surface area contributed by atoms with Crippen LogP contribution in [0.4, 0.5) is 10.2 Å². The molecule has 0 bridgehead atoms. The average Bonchev–Trinajstić information content (AvgIpc) is 2.82. The standard InChI is InChI=1S/C23H20ClFN5O2P/c24-21-13-22(27-14-26-21)30-7-9-33(32,10-8-30)20-12-15(5-6-18(20)25)11-19-16-3-1-2-4-17(16)23(31)29-28-19/h1-6,12-14,32H,7-11H2/p+1. The number of fused-ring (bicyclic) bond motifs is 1. The van der Waals surface area contributed by atoms with Gasteiger partial charge in [-0.2, -0.15) is 5.10 Å². The lowest BCUT2D eigenvalue weighted by Gasteiger charge is -2.33. The van der Waals surface area contributed by atoms with Crippen LogP contribution in [0.5, 0.6) is 0 Å². The minimum absolute atomic E-state index is 0.244. The van der Waals surface area contributed by atoms with Crippen molar-refractivity contribution in [3.8, 4) is 0 Å². The van der Waals surface area contributed by atoms with Gasteiger partial charge in [0, 0.05) is 17.9 Å². The number of aromatic nitrogens is 4. The number of benzene rings is 2. The van der Waals surface area contributed by atoms with Crippen molar-refractivity contribution in [1.82, 2.24) is 20.2 Å². The summed E-state index contributed by atoms with van der Waals surface area (Å²) in [6.07, 6.45) is 2.73. The van der Waals surface area contributed by atoms with E-state index in [4.69, 9.17) is 11.6 Å². The molecule has 2 N–H and O–H groups in total. The molecule has 1 aliphatic rings. The zero-order chi connectivity index (χ0) is 23.0. The number of nitrogens with zero attached hydrogens (tertiary/aromatic N) is 4. The minimum Gasteiger partial charge on any atom is -0.349 e. The second-order valence-corrected chi connectivity index (χ2v) is 11.7. The second-order valence-electron chi connectivity index (χ2n) is 8.06. The topological polar surface area (TPSA) is 95.0 Å². The molecule has 1 saturated heterocycles. The second kappa shape index (κ2) is 8.78. The molecule has 2 aromatic heterocycles. The Kier molecular flexibility index (Phi) is 5.83. The lowest BCUT2D eigenvalue weighted by molar-refractivity contribution is 0.586. The van der Waals surface area contributed by atoms with Crippen LogP contribution in [0.2, 0.25) is 5.15 Å². The lowest BCUT2D eigenvalue weighted by atomic mass is 10.0. The van der Waals surface area contributed by atoms with Gasteiger partial charge in [0.05, 0.1) is 24.2 Å². The van der Waals surface area contributed by atoms with Crippen LogP contribution in [0.25, 0.3) is 10.8 Å². The Hall–Kier alpha value is -2.93. The van der Waals surface area contributed by atoms with Gasteiger partial charge < -0.3 is 4.90 Å². The van der Waals surface area contributed by atoms with E-state index < -0.39 is 13.3 Å². The molecule has 3 heterocycles. The first kappa shape index (κ1) is 21.9. The maximum atomic E-state index is 14.9. The van der Waals surface area contributed by atoms with E-state index in [1.807, 2.05) is 17.0 Å². The molecule has 0 unspecified atom stereocenters. The van der Waals surface area contributed by atoms with Crippen LogP contribution in [-0.4, -0.2) is 50.5 Å². The van der Waals surface area contributed by atoms with Gasteiger partial charge in [0.1, 0.15) is 29.6 Å². The van der Waals surface area contributed by atoms with E-state index in [-0.39, 0.29) is 5.56 Å². The molecule has 1 fully saturated rings. The zero-order valence-corrected chi connectivity index (χ0v) is 19.2. The number of H-pyrrole nitrogens is 1. The molecule has 0 aliphatic carbocycles. The fourth-order valence-corrected chi connectivity index (χ4v) is 7.12. The van der Waals surface area contributed by atoms with Crippen LogP contribution in [0.1, 0.15) is 11.3 Å². The number of anilines is 1. The zero-order valence-electron chi connectivity index (χ0n) is 17.6. The van der Waals surface area contributed by atoms with E-state index in [0.29, 0.717) is 59.2 Å². The molecule has 0 saturated carbocycles. The van der Waals surface area contributed by atoms with Crippen LogP contribution in [-0.2, 0) is 6.42 Å². The number of aromatic amines is 1. The van der Waals surface area contributed by atoms with Gasteiger partial charge in [0.15, 0.2) is 18.6 Å². The smallest absolute Gasteiger partial charge is 0.272 e. The number of hydrogen-bond donors (Lipinski definition) is 2. The normalized spacial score (nSPS) is 15.7. The maximum absolute atomic E-state index is 14.9. The van der Waals surface area contributed by atoms with Gasteiger partial charge in [0.25, 0.3) is 5.56 Å². The summed E-state index contributed by atoms with van der Waals surface area (Å²) in [6, 6.07) is 13.8. The van der Waals surface area contributed by atoms with Gasteiger partial charge in [-0.15, -0.1) is 0 Å². The van der Waals surface area contributed by atoms with Crippen molar-refractivity contribution in [2.24, 2.45) is 0 Å². The Bertz CT molecular complexity index is 1390. The molecule has 1 aliphatic heterocycles. The van der Waals surface area contributed by atoms with Gasteiger partial charge in [0.2, 0.25) is 0 Å². The Morgan fingerprint density at radius 3 is 2.61 bits per heavy atom. The summed E-state index contributed by atoms with van der Waals surface area (Å²) in [6.45, 7) is 1.10. The Labute approximate surface area is 194 Å². The Morgan fingerprint density at radius 1 is 1.09 bits per heavy atom. The summed E-state index contributed by atoms with van der Waals surface area (Å²) in [5, 5.41) is 8.82. The van der Waals surface area contributed by atoms with Crippen molar-refractivity contribution in [1.29, 1.82) is 0 Å². The van der Waals surface area contributed by atoms with Crippen LogP contribution in [0.3, 0.4) is 0 Å². The quantitative estimate of drug-likeness (QED) is 0.341. The minimum atomic E-state index is -2.68. The molecule has 10 heteroatoms. The molecule has 5 rings (SSSR count). The third-order valence-corrected chi connectivity index (χ3v) is 9.35. The monoisotopic (exact) mass is 484 g/mol. The van der Waals surface area contributed by atoms with Crippen LogP contribution < -0.4 is 15.8 Å². The Balaban J connectivity index is 1.40. The summed E-state index contributed by atoms with van der Waals surface area (Å²) in [7, 11) is -2.68. The fourth-order valence-electron chi connectivity index (χ4n) is 4.25. The molecule has 0 spiro atoms. The highest BCUT2D eigenvalue weighted by Crippen LogP contribution is 2.55. The van der Waals surface area contributed by atoms with Crippen molar-refractivity contribution >= 4 is 41.0 Å². The molecule has 168 valence electrons. The number of hydrogen-bond acceptors (Lipinski definition) is 6. The summed E-state index contributed by atoms with van der Waals surface area (Å²) in [4.78, 5) is 33.7. The summed E-state index contributed by atoms with van der Waals surface area (Å²) in [5.41, 5.74) is 1.28. The van der Waals surface area contributed by atoms with E-state index in [1.165, 1.54) is 12.4 Å². The maximum Gasteiger partial charge on any atom is 0.272 e. The van der Waals surface area contributed by atoms with Gasteiger partial charge in [-0.1, -0.05) is 35.9 Å². The average molecular weight is 485 g/mol. The van der Waals surface area contributed by atoms with Crippen LogP contribution in [0.15, 0.2) is 59.7 Å². The highest BCUT2D eigenvalue weighted by Gasteiger charge is 2.45. The van der Waals surface area contributed by atoms with Gasteiger partial charge >= 0.3 is 0 Å². The lowest BCUT2D eigenvalue weighted by Crippen LogP contribution is -2.40. The molecule has 7 nitrogen and oxygen atoms in total. The molecular weight excluding hydrogens is 464 g/mol. The van der Waals surface area contributed by atoms with E-state index in [2.05, 4.69) is 20.2 Å². The largest absolute Gasteiger partial charge is 0.349 e. The first-order valence-electron chi connectivity index (χ1n) is 10.5. The predicted molar refractivity (Wildman–Crippen MR) is 129 cm³/mol. The highest BCUT2D eigenvalue weighted by atomic mass is 35.5. The van der Waals surface area contributed by atoms with Gasteiger partial charge in [-0.05, 0) is 23.8 Å². The van der Waals surface area contributed by atoms with Crippen LogP contribution >= 0.6 is 19.1 Å². The van der Waals surface area contributed by atoms with E-state index in [9.17, 15) is 14.1 Å². The number of halogens is 2.